The number of carbonyl (C=O) groups excluding carboxylic acids is 1. The Morgan fingerprint density at radius 3 is 2.41 bits per heavy atom. The van der Waals surface area contributed by atoms with Crippen molar-refractivity contribution in [1.29, 1.82) is 0 Å². The Labute approximate surface area is 107 Å². The van der Waals surface area contributed by atoms with Gasteiger partial charge in [0.25, 0.3) is 0 Å². The average Bonchev–Trinajstić information content (AvgIpc) is 2.76. The van der Waals surface area contributed by atoms with Crippen molar-refractivity contribution in [3.63, 3.8) is 0 Å². The molecule has 104 valence electrons. The van der Waals surface area contributed by atoms with Crippen molar-refractivity contribution in [1.82, 2.24) is 10.3 Å². The molecule has 0 radical (unpaired) electrons. The summed E-state index contributed by atoms with van der Waals surface area (Å²) in [6, 6.07) is 0. The van der Waals surface area contributed by atoms with E-state index in [-0.39, 0.29) is 15.3 Å². The second-order valence-corrected chi connectivity index (χ2v) is 3.05. The molecule has 0 aromatic carbocycles. The lowest BCUT2D eigenvalue weighted by molar-refractivity contribution is -0.120. The minimum atomic E-state index is -0.217. The van der Waals surface area contributed by atoms with Crippen LogP contribution in [0.1, 0.15) is 48.6 Å². The van der Waals surface area contributed by atoms with E-state index in [2.05, 4.69) is 24.1 Å². The monoisotopic (exact) mass is 247 g/mol. The van der Waals surface area contributed by atoms with Crippen molar-refractivity contribution >= 4 is 5.91 Å². The van der Waals surface area contributed by atoms with Crippen LogP contribution in [0.2, 0.25) is 0 Å². The second kappa shape index (κ2) is 12.7. The number of hydrogen-bond acceptors (Lipinski definition) is 4. The Kier molecular flexibility index (Phi) is 13.5. The molecule has 0 saturated carbocycles. The van der Waals surface area contributed by atoms with Gasteiger partial charge in [-0.15, -0.1) is 0 Å². The van der Waals surface area contributed by atoms with Crippen LogP contribution in [0.25, 0.3) is 0 Å². The molecule has 3 N–H and O–H groups in total. The van der Waals surface area contributed by atoms with Crippen LogP contribution in [-0.4, -0.2) is 17.4 Å². The van der Waals surface area contributed by atoms with Crippen molar-refractivity contribution < 1.29 is 12.1 Å². The highest BCUT2D eigenvalue weighted by Gasteiger charge is 2.01. The number of aryl methyl sites for hydroxylation is 1. The molecule has 0 aliphatic rings. The molecule has 0 atom stereocenters. The minimum Gasteiger partial charge on any atom is -0.444 e. The number of nitrogens with two attached hydrogens (primary N) is 1. The highest BCUT2D eigenvalue weighted by Crippen LogP contribution is 1.99. The van der Waals surface area contributed by atoms with Gasteiger partial charge in [-0.2, -0.15) is 0 Å². The molecule has 0 saturated heterocycles. The first kappa shape index (κ1) is 18.0. The molecule has 0 unspecified atom stereocenters. The molecular weight excluding hydrogens is 218 g/mol. The lowest BCUT2D eigenvalue weighted by Gasteiger charge is -1.97. The van der Waals surface area contributed by atoms with Crippen LogP contribution >= 0.6 is 0 Å². The molecule has 0 aliphatic carbocycles. The number of nitrogens with one attached hydrogen (secondary N) is 1. The number of amides is 1. The van der Waals surface area contributed by atoms with Crippen LogP contribution in [0.3, 0.4) is 0 Å². The van der Waals surface area contributed by atoms with Crippen LogP contribution in [0, 0.1) is 6.92 Å². The molecule has 1 amide bonds. The van der Waals surface area contributed by atoms with Gasteiger partial charge in [0.1, 0.15) is 5.76 Å². The maximum Gasteiger partial charge on any atom is 0.234 e. The number of oxazole rings is 1. The third-order valence-corrected chi connectivity index (χ3v) is 1.29. The second-order valence-electron chi connectivity index (χ2n) is 3.05. The molecule has 17 heavy (non-hydrogen) atoms. The lowest BCUT2D eigenvalue weighted by Crippen LogP contribution is -2.29. The topological polar surface area (TPSA) is 81.2 Å². The molecule has 0 fully saturated rings. The number of nitrogens with zero attached hydrogens (tertiary/aromatic N) is 1. The van der Waals surface area contributed by atoms with E-state index in [4.69, 9.17) is 10.2 Å². The molecule has 1 rings (SSSR count). The van der Waals surface area contributed by atoms with Crippen LogP contribution in [0.15, 0.2) is 10.6 Å². The van der Waals surface area contributed by atoms with E-state index in [0.717, 1.165) is 5.76 Å². The van der Waals surface area contributed by atoms with Gasteiger partial charge in [0.05, 0.1) is 19.3 Å². The fourth-order valence-corrected chi connectivity index (χ4v) is 0.730. The summed E-state index contributed by atoms with van der Waals surface area (Å²) in [7, 11) is 0. The normalized spacial score (nSPS) is 8.35. The average molecular weight is 247 g/mol. The van der Waals surface area contributed by atoms with Crippen molar-refractivity contribution in [3.8, 4) is 0 Å². The summed E-state index contributed by atoms with van der Waals surface area (Å²) >= 11 is 0. The van der Waals surface area contributed by atoms with Crippen LogP contribution in [0.4, 0.5) is 0 Å². The van der Waals surface area contributed by atoms with Gasteiger partial charge in [-0.25, -0.2) is 4.98 Å². The fourth-order valence-electron chi connectivity index (χ4n) is 0.730. The Balaban J connectivity index is -0.000000142. The van der Waals surface area contributed by atoms with E-state index in [1.807, 2.05) is 13.8 Å². The smallest absolute Gasteiger partial charge is 0.234 e. The van der Waals surface area contributed by atoms with Crippen molar-refractivity contribution in [2.45, 2.75) is 47.6 Å². The third kappa shape index (κ3) is 10.9. The molecule has 1 aromatic heterocycles. The van der Waals surface area contributed by atoms with Crippen LogP contribution < -0.4 is 11.1 Å². The van der Waals surface area contributed by atoms with Gasteiger partial charge in [0, 0.05) is 2.85 Å². The SMILES string of the molecule is CC.CCC.Cc1cnc(CNC(=O)CN)o1.[HH].[HH]. The summed E-state index contributed by atoms with van der Waals surface area (Å²) in [4.78, 5) is 14.6. The van der Waals surface area contributed by atoms with E-state index in [1.165, 1.54) is 6.42 Å². The molecule has 5 heteroatoms. The van der Waals surface area contributed by atoms with Crippen LogP contribution in [-0.2, 0) is 11.3 Å². The summed E-state index contributed by atoms with van der Waals surface area (Å²) in [6.07, 6.45) is 2.85. The predicted molar refractivity (Wildman–Crippen MR) is 73.7 cm³/mol. The highest BCUT2D eigenvalue weighted by molar-refractivity contribution is 5.77. The number of carbonyl (C=O) groups is 1. The Morgan fingerprint density at radius 2 is 2.06 bits per heavy atom. The zero-order valence-corrected chi connectivity index (χ0v) is 11.5. The van der Waals surface area contributed by atoms with Crippen LogP contribution in [0.5, 0.6) is 0 Å². The Morgan fingerprint density at radius 1 is 1.53 bits per heavy atom. The van der Waals surface area contributed by atoms with E-state index < -0.39 is 0 Å². The van der Waals surface area contributed by atoms with Crippen molar-refractivity contribution in [2.75, 3.05) is 6.54 Å². The standard InChI is InChI=1S/C7H11N3O2.C3H8.C2H6.2H2/c1-5-3-10-7(12-5)4-9-6(11)2-8;1-3-2;1-2;;/h3H,2,4,8H2,1H3,(H,9,11);3H2,1-2H3;1-2H3;2*1H. The maximum absolute atomic E-state index is 10.7. The van der Waals surface area contributed by atoms with Gasteiger partial charge in [0.2, 0.25) is 11.8 Å². The Hall–Kier alpha value is -1.36. The lowest BCUT2D eigenvalue weighted by atomic mass is 10.5. The third-order valence-electron chi connectivity index (χ3n) is 1.29. The molecule has 5 nitrogen and oxygen atoms in total. The first-order valence-corrected chi connectivity index (χ1v) is 6.02. The first-order chi connectivity index (χ1) is 8.13. The number of rotatable bonds is 3. The first-order valence-electron chi connectivity index (χ1n) is 6.02. The zero-order chi connectivity index (χ0) is 13.7. The summed E-state index contributed by atoms with van der Waals surface area (Å²) in [6.45, 7) is 10.3. The van der Waals surface area contributed by atoms with Gasteiger partial charge in [-0.3, -0.25) is 4.79 Å². The maximum atomic E-state index is 10.7. The fraction of sp³-hybridized carbons (Fsp3) is 0.667. The summed E-state index contributed by atoms with van der Waals surface area (Å²) in [5, 5.41) is 2.54. The van der Waals surface area contributed by atoms with Gasteiger partial charge in [-0.1, -0.05) is 34.1 Å². The predicted octanol–water partition coefficient (Wildman–Crippen LogP) is 2.49. The number of aromatic nitrogens is 1. The molecule has 1 heterocycles. The zero-order valence-electron chi connectivity index (χ0n) is 11.5. The summed E-state index contributed by atoms with van der Waals surface area (Å²) in [5.41, 5.74) is 5.08. The van der Waals surface area contributed by atoms with E-state index >= 15 is 0 Å². The van der Waals surface area contributed by atoms with Crippen molar-refractivity contribution in [2.24, 2.45) is 5.73 Å². The van der Waals surface area contributed by atoms with E-state index in [1.54, 1.807) is 13.1 Å². The molecule has 1 aromatic rings. The minimum absolute atomic E-state index is 0. The van der Waals surface area contributed by atoms with Crippen molar-refractivity contribution in [3.05, 3.63) is 17.8 Å². The summed E-state index contributed by atoms with van der Waals surface area (Å²) in [5.74, 6) is 1.01. The van der Waals surface area contributed by atoms with Gasteiger partial charge < -0.3 is 15.5 Å². The Bertz CT molecular complexity index is 294. The summed E-state index contributed by atoms with van der Waals surface area (Å²) < 4.78 is 5.11. The molecule has 0 aliphatic heterocycles. The molecule has 0 spiro atoms. The van der Waals surface area contributed by atoms with Gasteiger partial charge >= 0.3 is 0 Å². The van der Waals surface area contributed by atoms with E-state index in [0.29, 0.717) is 12.4 Å². The highest BCUT2D eigenvalue weighted by atomic mass is 16.4. The molecule has 0 bridgehead atoms. The quantitative estimate of drug-likeness (QED) is 0.859. The largest absolute Gasteiger partial charge is 0.444 e. The van der Waals surface area contributed by atoms with Gasteiger partial charge in [0.15, 0.2) is 0 Å². The number of hydrogen-bond donors (Lipinski definition) is 2. The van der Waals surface area contributed by atoms with E-state index in [9.17, 15) is 4.79 Å². The molecular formula is C12H29N3O2. The van der Waals surface area contributed by atoms with Gasteiger partial charge in [-0.05, 0) is 6.92 Å².